The van der Waals surface area contributed by atoms with E-state index in [0.29, 0.717) is 12.3 Å². The molecule has 12 heavy (non-hydrogen) atoms. The number of carbonyl (C=O) groups excluding carboxylic acids is 2. The van der Waals surface area contributed by atoms with Gasteiger partial charge in [0.15, 0.2) is 0 Å². The number of amides is 3. The van der Waals surface area contributed by atoms with Gasteiger partial charge in [0.25, 0.3) is 0 Å². The number of urea groups is 1. The van der Waals surface area contributed by atoms with Gasteiger partial charge < -0.3 is 5.32 Å². The third-order valence-corrected chi connectivity index (χ3v) is 1.81. The SMILES string of the molecule is O=C(NCCS)NC(=O)C1CC1. The van der Waals surface area contributed by atoms with E-state index in [4.69, 9.17) is 0 Å². The van der Waals surface area contributed by atoms with Crippen molar-refractivity contribution in [1.29, 1.82) is 0 Å². The molecule has 0 aromatic heterocycles. The Bertz CT molecular complexity index is 192. The van der Waals surface area contributed by atoms with Gasteiger partial charge in [0.2, 0.25) is 5.91 Å². The van der Waals surface area contributed by atoms with Crippen LogP contribution in [-0.2, 0) is 4.79 Å². The van der Waals surface area contributed by atoms with Crippen LogP contribution in [0.15, 0.2) is 0 Å². The van der Waals surface area contributed by atoms with Crippen LogP contribution in [0.1, 0.15) is 12.8 Å². The number of hydrogen-bond donors (Lipinski definition) is 3. The molecular formula is C7H12N2O2S. The molecule has 1 aliphatic carbocycles. The van der Waals surface area contributed by atoms with Crippen molar-refractivity contribution >= 4 is 24.6 Å². The monoisotopic (exact) mass is 188 g/mol. The van der Waals surface area contributed by atoms with Gasteiger partial charge >= 0.3 is 6.03 Å². The Morgan fingerprint density at radius 1 is 1.42 bits per heavy atom. The van der Waals surface area contributed by atoms with Crippen LogP contribution in [0.3, 0.4) is 0 Å². The maximum Gasteiger partial charge on any atom is 0.321 e. The van der Waals surface area contributed by atoms with Crippen LogP contribution in [0.5, 0.6) is 0 Å². The van der Waals surface area contributed by atoms with Gasteiger partial charge in [0, 0.05) is 18.2 Å². The van der Waals surface area contributed by atoms with E-state index < -0.39 is 6.03 Å². The van der Waals surface area contributed by atoms with Crippen LogP contribution in [-0.4, -0.2) is 24.2 Å². The summed E-state index contributed by atoms with van der Waals surface area (Å²) in [5.74, 6) is 0.490. The Balaban J connectivity index is 2.11. The normalized spacial score (nSPS) is 15.4. The predicted molar refractivity (Wildman–Crippen MR) is 48.1 cm³/mol. The van der Waals surface area contributed by atoms with Gasteiger partial charge in [-0.3, -0.25) is 10.1 Å². The van der Waals surface area contributed by atoms with E-state index in [2.05, 4.69) is 23.3 Å². The first-order chi connectivity index (χ1) is 5.74. The van der Waals surface area contributed by atoms with Gasteiger partial charge in [-0.15, -0.1) is 0 Å². The fourth-order valence-electron chi connectivity index (χ4n) is 0.773. The Hall–Kier alpha value is -0.710. The summed E-state index contributed by atoms with van der Waals surface area (Å²) in [7, 11) is 0. The zero-order chi connectivity index (χ0) is 8.97. The first-order valence-corrected chi connectivity index (χ1v) is 4.57. The molecule has 0 spiro atoms. The quantitative estimate of drug-likeness (QED) is 0.552. The molecule has 4 nitrogen and oxygen atoms in total. The molecule has 1 saturated carbocycles. The van der Waals surface area contributed by atoms with Crippen molar-refractivity contribution < 1.29 is 9.59 Å². The van der Waals surface area contributed by atoms with E-state index in [1.54, 1.807) is 0 Å². The lowest BCUT2D eigenvalue weighted by atomic mass is 10.4. The van der Waals surface area contributed by atoms with Crippen molar-refractivity contribution in [1.82, 2.24) is 10.6 Å². The zero-order valence-corrected chi connectivity index (χ0v) is 7.56. The van der Waals surface area contributed by atoms with E-state index >= 15 is 0 Å². The van der Waals surface area contributed by atoms with Gasteiger partial charge in [-0.05, 0) is 12.8 Å². The van der Waals surface area contributed by atoms with Crippen LogP contribution in [0.25, 0.3) is 0 Å². The summed E-state index contributed by atoms with van der Waals surface area (Å²) in [6.07, 6.45) is 1.82. The largest absolute Gasteiger partial charge is 0.337 e. The highest BCUT2D eigenvalue weighted by atomic mass is 32.1. The number of thiol groups is 1. The molecule has 3 amide bonds. The minimum atomic E-state index is -0.416. The summed E-state index contributed by atoms with van der Waals surface area (Å²) >= 11 is 3.91. The van der Waals surface area contributed by atoms with Crippen LogP contribution < -0.4 is 10.6 Å². The molecule has 5 heteroatoms. The second-order valence-corrected chi connectivity index (χ2v) is 3.19. The molecule has 68 valence electrons. The fraction of sp³-hybridized carbons (Fsp3) is 0.714. The molecule has 0 bridgehead atoms. The Kier molecular flexibility index (Phi) is 3.40. The molecule has 0 saturated heterocycles. The Morgan fingerprint density at radius 2 is 2.08 bits per heavy atom. The predicted octanol–water partition coefficient (Wildman–Crippen LogP) is 0.152. The number of rotatable bonds is 3. The average Bonchev–Trinajstić information content (AvgIpc) is 2.82. The molecule has 1 aliphatic rings. The van der Waals surface area contributed by atoms with Crippen LogP contribution in [0, 0.1) is 5.92 Å². The summed E-state index contributed by atoms with van der Waals surface area (Å²) in [6, 6.07) is -0.416. The van der Waals surface area contributed by atoms with Gasteiger partial charge in [-0.1, -0.05) is 0 Å². The maximum absolute atomic E-state index is 11.0. The van der Waals surface area contributed by atoms with Crippen molar-refractivity contribution in [2.75, 3.05) is 12.3 Å². The number of imide groups is 1. The third kappa shape index (κ3) is 3.13. The van der Waals surface area contributed by atoms with Gasteiger partial charge in [-0.25, -0.2) is 4.79 Å². The second-order valence-electron chi connectivity index (χ2n) is 2.74. The lowest BCUT2D eigenvalue weighted by Crippen LogP contribution is -2.40. The number of nitrogens with one attached hydrogen (secondary N) is 2. The van der Waals surface area contributed by atoms with Crippen molar-refractivity contribution in [2.45, 2.75) is 12.8 Å². The minimum absolute atomic E-state index is 0.0757. The van der Waals surface area contributed by atoms with E-state index in [9.17, 15) is 9.59 Å². The molecule has 0 unspecified atom stereocenters. The van der Waals surface area contributed by atoms with Gasteiger partial charge in [-0.2, -0.15) is 12.6 Å². The molecule has 0 radical (unpaired) electrons. The fourth-order valence-corrected chi connectivity index (χ4v) is 0.885. The summed E-state index contributed by atoms with van der Waals surface area (Å²) < 4.78 is 0. The van der Waals surface area contributed by atoms with Crippen molar-refractivity contribution in [3.63, 3.8) is 0 Å². The smallest absolute Gasteiger partial charge is 0.321 e. The van der Waals surface area contributed by atoms with E-state index in [-0.39, 0.29) is 11.8 Å². The highest BCUT2D eigenvalue weighted by Crippen LogP contribution is 2.28. The second kappa shape index (κ2) is 4.35. The number of hydrogen-bond acceptors (Lipinski definition) is 3. The van der Waals surface area contributed by atoms with Crippen LogP contribution in [0.4, 0.5) is 4.79 Å². The lowest BCUT2D eigenvalue weighted by Gasteiger charge is -2.03. The summed E-state index contributed by atoms with van der Waals surface area (Å²) in [4.78, 5) is 21.9. The summed E-state index contributed by atoms with van der Waals surface area (Å²) in [5.41, 5.74) is 0. The lowest BCUT2D eigenvalue weighted by molar-refractivity contribution is -0.121. The number of carbonyl (C=O) groups is 2. The third-order valence-electron chi connectivity index (χ3n) is 1.58. The molecule has 0 atom stereocenters. The first-order valence-electron chi connectivity index (χ1n) is 3.93. The molecule has 0 aromatic rings. The van der Waals surface area contributed by atoms with Crippen LogP contribution in [0.2, 0.25) is 0 Å². The molecular weight excluding hydrogens is 176 g/mol. The zero-order valence-electron chi connectivity index (χ0n) is 6.67. The Morgan fingerprint density at radius 3 is 2.58 bits per heavy atom. The first kappa shape index (κ1) is 9.38. The molecule has 0 heterocycles. The van der Waals surface area contributed by atoms with E-state index in [1.165, 1.54) is 0 Å². The van der Waals surface area contributed by atoms with Crippen molar-refractivity contribution in [2.24, 2.45) is 5.92 Å². The highest BCUT2D eigenvalue weighted by Gasteiger charge is 2.30. The molecule has 0 aliphatic heterocycles. The van der Waals surface area contributed by atoms with Crippen LogP contribution >= 0.6 is 12.6 Å². The maximum atomic E-state index is 11.0. The molecule has 2 N–H and O–H groups in total. The standard InChI is InChI=1S/C7H12N2O2S/c10-6(5-1-2-5)9-7(11)8-3-4-12/h5,12H,1-4H2,(H2,8,9,10,11). The minimum Gasteiger partial charge on any atom is -0.337 e. The van der Waals surface area contributed by atoms with E-state index in [0.717, 1.165) is 12.8 Å². The highest BCUT2D eigenvalue weighted by molar-refractivity contribution is 7.80. The summed E-state index contributed by atoms with van der Waals surface area (Å²) in [6.45, 7) is 0.479. The Labute approximate surface area is 76.5 Å². The molecule has 1 rings (SSSR count). The topological polar surface area (TPSA) is 58.2 Å². The molecule has 1 fully saturated rings. The molecule has 0 aromatic carbocycles. The van der Waals surface area contributed by atoms with Crippen molar-refractivity contribution in [3.8, 4) is 0 Å². The summed E-state index contributed by atoms with van der Waals surface area (Å²) in [5, 5.41) is 4.75. The van der Waals surface area contributed by atoms with Crippen molar-refractivity contribution in [3.05, 3.63) is 0 Å². The average molecular weight is 188 g/mol. The van der Waals surface area contributed by atoms with Gasteiger partial charge in [0.05, 0.1) is 0 Å². The van der Waals surface area contributed by atoms with Gasteiger partial charge in [0.1, 0.15) is 0 Å². The van der Waals surface area contributed by atoms with E-state index in [1.807, 2.05) is 0 Å².